The second kappa shape index (κ2) is 8.68. The number of allylic oxidation sites excluding steroid dienone is 2. The van der Waals surface area contributed by atoms with Crippen LogP contribution < -0.4 is 5.56 Å². The molecule has 1 aliphatic carbocycles. The molecule has 166 valence electrons. The van der Waals surface area contributed by atoms with E-state index in [9.17, 15) is 14.4 Å². The summed E-state index contributed by atoms with van der Waals surface area (Å²) in [7, 11) is 0. The molecule has 5 rings (SSSR count). The van der Waals surface area contributed by atoms with Crippen LogP contribution in [0.4, 0.5) is 0 Å². The van der Waals surface area contributed by atoms with E-state index in [2.05, 4.69) is 22.1 Å². The van der Waals surface area contributed by atoms with Crippen molar-refractivity contribution in [3.05, 3.63) is 69.7 Å². The zero-order valence-electron chi connectivity index (χ0n) is 18.0. The summed E-state index contributed by atoms with van der Waals surface area (Å²) in [4.78, 5) is 54.2. The molecule has 2 aromatic rings. The Morgan fingerprint density at radius 3 is 2.72 bits per heavy atom. The minimum atomic E-state index is -0.210. The van der Waals surface area contributed by atoms with Crippen LogP contribution in [0.1, 0.15) is 65.6 Å². The number of aromatic nitrogens is 3. The van der Waals surface area contributed by atoms with Gasteiger partial charge >= 0.3 is 0 Å². The highest BCUT2D eigenvalue weighted by atomic mass is 16.2. The third-order valence-corrected chi connectivity index (χ3v) is 6.78. The maximum Gasteiger partial charge on any atom is 0.254 e. The zero-order chi connectivity index (χ0) is 22.1. The van der Waals surface area contributed by atoms with Crippen LogP contribution in [-0.4, -0.2) is 49.7 Å². The van der Waals surface area contributed by atoms with E-state index in [1.165, 1.54) is 0 Å². The Morgan fingerprint density at radius 1 is 1.09 bits per heavy atom. The number of aromatic amines is 1. The molecule has 0 saturated carbocycles. The summed E-state index contributed by atoms with van der Waals surface area (Å²) in [6, 6.07) is 3.17. The number of carbonyl (C=O) groups excluding carboxylic acids is 2. The Kier molecular flexibility index (Phi) is 5.59. The second-order valence-corrected chi connectivity index (χ2v) is 8.76. The van der Waals surface area contributed by atoms with Gasteiger partial charge in [-0.25, -0.2) is 4.98 Å². The number of carbonyl (C=O) groups is 2. The maximum atomic E-state index is 13.2. The predicted octanol–water partition coefficient (Wildman–Crippen LogP) is 2.38. The van der Waals surface area contributed by atoms with Crippen LogP contribution in [0.3, 0.4) is 0 Å². The first-order chi connectivity index (χ1) is 15.6. The topological polar surface area (TPSA) is 99.3 Å². The minimum Gasteiger partial charge on any atom is -0.332 e. The first-order valence-electron chi connectivity index (χ1n) is 11.4. The molecule has 1 fully saturated rings. The molecule has 0 aromatic carbocycles. The van der Waals surface area contributed by atoms with Crippen LogP contribution in [0.2, 0.25) is 0 Å². The summed E-state index contributed by atoms with van der Waals surface area (Å²) in [5.41, 5.74) is 1.70. The van der Waals surface area contributed by atoms with Gasteiger partial charge in [-0.15, -0.1) is 0 Å². The van der Waals surface area contributed by atoms with Crippen LogP contribution in [0.25, 0.3) is 0 Å². The zero-order valence-corrected chi connectivity index (χ0v) is 18.0. The summed E-state index contributed by atoms with van der Waals surface area (Å²) in [5.74, 6) is 0.624. The van der Waals surface area contributed by atoms with Gasteiger partial charge in [0.15, 0.2) is 0 Å². The van der Waals surface area contributed by atoms with Crippen molar-refractivity contribution in [1.29, 1.82) is 0 Å². The fourth-order valence-electron chi connectivity index (χ4n) is 5.03. The van der Waals surface area contributed by atoms with Gasteiger partial charge in [-0.1, -0.05) is 12.2 Å². The summed E-state index contributed by atoms with van der Waals surface area (Å²) in [6.07, 6.45) is 12.2. The van der Waals surface area contributed by atoms with Gasteiger partial charge in [-0.3, -0.25) is 19.4 Å². The van der Waals surface area contributed by atoms with E-state index in [1.807, 2.05) is 4.90 Å². The Labute approximate surface area is 186 Å². The molecule has 0 bridgehead atoms. The lowest BCUT2D eigenvalue weighted by Gasteiger charge is -2.31. The number of hydrogen-bond donors (Lipinski definition) is 1. The molecule has 2 aliphatic heterocycles. The van der Waals surface area contributed by atoms with Crippen LogP contribution in [0.15, 0.2) is 41.5 Å². The maximum absolute atomic E-state index is 13.2. The van der Waals surface area contributed by atoms with E-state index < -0.39 is 0 Å². The lowest BCUT2D eigenvalue weighted by atomic mass is 9.93. The lowest BCUT2D eigenvalue weighted by Crippen LogP contribution is -2.41. The summed E-state index contributed by atoms with van der Waals surface area (Å²) >= 11 is 0. The number of hydrogen-bond acceptors (Lipinski definition) is 5. The largest absolute Gasteiger partial charge is 0.332 e. The quantitative estimate of drug-likeness (QED) is 0.750. The van der Waals surface area contributed by atoms with Gasteiger partial charge < -0.3 is 14.8 Å². The van der Waals surface area contributed by atoms with E-state index >= 15 is 0 Å². The number of pyridine rings is 1. The molecule has 8 heteroatoms. The number of rotatable bonds is 3. The number of amides is 2. The van der Waals surface area contributed by atoms with E-state index in [1.54, 1.807) is 29.4 Å². The van der Waals surface area contributed by atoms with Gasteiger partial charge in [0.25, 0.3) is 11.5 Å². The molecule has 1 saturated heterocycles. The van der Waals surface area contributed by atoms with Gasteiger partial charge in [0, 0.05) is 42.5 Å². The van der Waals surface area contributed by atoms with Gasteiger partial charge in [0.2, 0.25) is 5.91 Å². The molecule has 2 unspecified atom stereocenters. The van der Waals surface area contributed by atoms with Crippen molar-refractivity contribution in [1.82, 2.24) is 24.8 Å². The smallest absolute Gasteiger partial charge is 0.254 e. The van der Waals surface area contributed by atoms with Gasteiger partial charge in [-0.2, -0.15) is 0 Å². The molecule has 3 aliphatic rings. The summed E-state index contributed by atoms with van der Waals surface area (Å²) in [6.45, 7) is 1.46. The van der Waals surface area contributed by atoms with Gasteiger partial charge in [0.1, 0.15) is 5.82 Å². The van der Waals surface area contributed by atoms with E-state index in [0.717, 1.165) is 32.1 Å². The number of H-pyrrole nitrogens is 1. The van der Waals surface area contributed by atoms with Crippen molar-refractivity contribution in [2.45, 2.75) is 51.1 Å². The number of nitrogens with one attached hydrogen (secondary N) is 1. The highest BCUT2D eigenvalue weighted by Crippen LogP contribution is 2.33. The Hall–Kier alpha value is -3.29. The standard InChI is InChI=1S/C24H27N5O3/c30-22-18-10-14-28(23(31)17-8-11-25-12-9-17)15-19(18)26-21(27-22)20-7-4-13-29(20)24(32)16-5-2-1-3-6-16/h1-2,8-9,11-12,16,20H,3-7,10,13-15H2,(H,26,27,30). The number of likely N-dealkylation sites (tertiary alicyclic amines) is 1. The van der Waals surface area contributed by atoms with Crippen molar-refractivity contribution >= 4 is 11.8 Å². The number of nitrogens with zero attached hydrogens (tertiary/aromatic N) is 4. The Morgan fingerprint density at radius 2 is 1.94 bits per heavy atom. The molecule has 1 N–H and O–H groups in total. The van der Waals surface area contributed by atoms with E-state index in [0.29, 0.717) is 48.7 Å². The Bertz CT molecular complexity index is 1110. The summed E-state index contributed by atoms with van der Waals surface area (Å²) < 4.78 is 0. The van der Waals surface area contributed by atoms with E-state index in [4.69, 9.17) is 4.98 Å². The predicted molar refractivity (Wildman–Crippen MR) is 118 cm³/mol. The first kappa shape index (κ1) is 20.6. The Balaban J connectivity index is 1.39. The van der Waals surface area contributed by atoms with Crippen molar-refractivity contribution in [3.63, 3.8) is 0 Å². The minimum absolute atomic E-state index is 0.0124. The third-order valence-electron chi connectivity index (χ3n) is 6.78. The van der Waals surface area contributed by atoms with E-state index in [-0.39, 0.29) is 29.3 Å². The highest BCUT2D eigenvalue weighted by Gasteiger charge is 2.36. The van der Waals surface area contributed by atoms with Gasteiger partial charge in [-0.05, 0) is 50.7 Å². The molecule has 4 heterocycles. The normalized spacial score (nSPS) is 22.6. The molecule has 0 radical (unpaired) electrons. The molecule has 8 nitrogen and oxygen atoms in total. The van der Waals surface area contributed by atoms with Crippen molar-refractivity contribution < 1.29 is 9.59 Å². The first-order valence-corrected chi connectivity index (χ1v) is 11.4. The second-order valence-electron chi connectivity index (χ2n) is 8.76. The van der Waals surface area contributed by atoms with Crippen molar-refractivity contribution in [3.8, 4) is 0 Å². The molecule has 0 spiro atoms. The molecular formula is C24H27N5O3. The molecule has 2 amide bonds. The average Bonchev–Trinajstić information content (AvgIpc) is 3.34. The van der Waals surface area contributed by atoms with Crippen molar-refractivity contribution in [2.75, 3.05) is 13.1 Å². The highest BCUT2D eigenvalue weighted by molar-refractivity contribution is 5.94. The van der Waals surface area contributed by atoms with Crippen LogP contribution in [-0.2, 0) is 17.8 Å². The molecule has 2 aromatic heterocycles. The SMILES string of the molecule is O=C(c1ccncc1)N1CCc2c(nc(C3CCCN3C(=O)C3CC=CCC3)[nH]c2=O)C1. The number of fused-ring (bicyclic) bond motifs is 1. The molecule has 2 atom stereocenters. The van der Waals surface area contributed by atoms with Crippen LogP contribution >= 0.6 is 0 Å². The fourth-order valence-corrected chi connectivity index (χ4v) is 5.03. The van der Waals surface area contributed by atoms with Crippen LogP contribution in [0.5, 0.6) is 0 Å². The molecule has 32 heavy (non-hydrogen) atoms. The summed E-state index contributed by atoms with van der Waals surface area (Å²) in [5, 5.41) is 0. The van der Waals surface area contributed by atoms with Gasteiger partial charge in [0.05, 0.1) is 18.3 Å². The molecular weight excluding hydrogens is 406 g/mol. The lowest BCUT2D eigenvalue weighted by molar-refractivity contribution is -0.136. The van der Waals surface area contributed by atoms with Crippen LogP contribution in [0, 0.1) is 5.92 Å². The van der Waals surface area contributed by atoms with Crippen molar-refractivity contribution in [2.24, 2.45) is 5.92 Å². The average molecular weight is 434 g/mol. The fraction of sp³-hybridized carbons (Fsp3) is 0.458. The third kappa shape index (κ3) is 3.85. The monoisotopic (exact) mass is 433 g/mol.